The Labute approximate surface area is 148 Å². The molecule has 4 nitrogen and oxygen atoms in total. The summed E-state index contributed by atoms with van der Waals surface area (Å²) in [6.45, 7) is 4.78. The Morgan fingerprint density at radius 1 is 1.16 bits per heavy atom. The molecule has 1 aliphatic rings. The van der Waals surface area contributed by atoms with Crippen LogP contribution in [0.3, 0.4) is 0 Å². The van der Waals surface area contributed by atoms with Crippen LogP contribution in [-0.2, 0) is 9.59 Å². The molecule has 1 aliphatic heterocycles. The fourth-order valence-electron chi connectivity index (χ4n) is 3.12. The quantitative estimate of drug-likeness (QED) is 0.890. The summed E-state index contributed by atoms with van der Waals surface area (Å²) in [4.78, 5) is 26.5. The van der Waals surface area contributed by atoms with Gasteiger partial charge in [-0.3, -0.25) is 9.59 Å². The van der Waals surface area contributed by atoms with Crippen LogP contribution in [0.5, 0.6) is 0 Å². The third-order valence-electron chi connectivity index (χ3n) is 4.92. The van der Waals surface area contributed by atoms with Gasteiger partial charge >= 0.3 is 0 Å². The Morgan fingerprint density at radius 3 is 2.48 bits per heavy atom. The standard InChI is InChI=1S/C21H24N2O2/c1-3-15(2)16-9-11-18(12-10-16)22-21(25)17-13-20(24)23(14-17)19-7-5-4-6-8-19/h4-12,15,17H,3,13-14H2,1-2H3,(H,22,25)/t15-,17-/m0/s1. The van der Waals surface area contributed by atoms with Gasteiger partial charge in [-0.15, -0.1) is 0 Å². The second-order valence-electron chi connectivity index (χ2n) is 6.66. The van der Waals surface area contributed by atoms with E-state index in [2.05, 4.69) is 31.3 Å². The summed E-state index contributed by atoms with van der Waals surface area (Å²) in [7, 11) is 0. The van der Waals surface area contributed by atoms with Gasteiger partial charge in [0.05, 0.1) is 5.92 Å². The summed E-state index contributed by atoms with van der Waals surface area (Å²) in [5.41, 5.74) is 2.90. The maximum atomic E-state index is 12.5. The van der Waals surface area contributed by atoms with Gasteiger partial charge in [0.15, 0.2) is 0 Å². The molecule has 2 aromatic carbocycles. The first kappa shape index (κ1) is 17.2. The van der Waals surface area contributed by atoms with E-state index >= 15 is 0 Å². The molecule has 4 heteroatoms. The van der Waals surface area contributed by atoms with Crippen LogP contribution < -0.4 is 10.2 Å². The Morgan fingerprint density at radius 2 is 1.84 bits per heavy atom. The van der Waals surface area contributed by atoms with Crippen LogP contribution in [0.1, 0.15) is 38.2 Å². The molecule has 0 saturated carbocycles. The van der Waals surface area contributed by atoms with Crippen molar-refractivity contribution in [2.75, 3.05) is 16.8 Å². The zero-order chi connectivity index (χ0) is 17.8. The second-order valence-corrected chi connectivity index (χ2v) is 6.66. The maximum absolute atomic E-state index is 12.5. The molecule has 130 valence electrons. The van der Waals surface area contributed by atoms with Gasteiger partial charge in [-0.25, -0.2) is 0 Å². The van der Waals surface area contributed by atoms with Crippen molar-refractivity contribution < 1.29 is 9.59 Å². The van der Waals surface area contributed by atoms with E-state index in [9.17, 15) is 9.59 Å². The Kier molecular flexibility index (Phi) is 5.17. The molecule has 1 saturated heterocycles. The van der Waals surface area contributed by atoms with Crippen LogP contribution in [0.15, 0.2) is 54.6 Å². The van der Waals surface area contributed by atoms with Crippen molar-refractivity contribution in [3.8, 4) is 0 Å². The first-order valence-electron chi connectivity index (χ1n) is 8.84. The molecule has 2 atom stereocenters. The second kappa shape index (κ2) is 7.51. The lowest BCUT2D eigenvalue weighted by atomic mass is 9.98. The highest BCUT2D eigenvalue weighted by Crippen LogP contribution is 2.26. The van der Waals surface area contributed by atoms with Crippen molar-refractivity contribution in [2.24, 2.45) is 5.92 Å². The molecule has 0 radical (unpaired) electrons. The average molecular weight is 336 g/mol. The van der Waals surface area contributed by atoms with Crippen LogP contribution in [0.4, 0.5) is 11.4 Å². The fourth-order valence-corrected chi connectivity index (χ4v) is 3.12. The summed E-state index contributed by atoms with van der Waals surface area (Å²) in [6.07, 6.45) is 1.34. The van der Waals surface area contributed by atoms with E-state index in [1.807, 2.05) is 42.5 Å². The van der Waals surface area contributed by atoms with E-state index in [4.69, 9.17) is 0 Å². The SMILES string of the molecule is CC[C@H](C)c1ccc(NC(=O)[C@H]2CC(=O)N(c3ccccc3)C2)cc1. The van der Waals surface area contributed by atoms with Gasteiger partial charge in [0.25, 0.3) is 0 Å². The number of para-hydroxylation sites is 1. The summed E-state index contributed by atoms with van der Waals surface area (Å²) >= 11 is 0. The monoisotopic (exact) mass is 336 g/mol. The number of amides is 2. The number of hydrogen-bond acceptors (Lipinski definition) is 2. The number of nitrogens with zero attached hydrogens (tertiary/aromatic N) is 1. The summed E-state index contributed by atoms with van der Waals surface area (Å²) < 4.78 is 0. The molecule has 0 bridgehead atoms. The molecule has 0 aliphatic carbocycles. The van der Waals surface area contributed by atoms with Crippen LogP contribution in [0, 0.1) is 5.92 Å². The molecule has 0 unspecified atom stereocenters. The number of anilines is 2. The summed E-state index contributed by atoms with van der Waals surface area (Å²) in [5.74, 6) is 0.0973. The van der Waals surface area contributed by atoms with E-state index in [1.54, 1.807) is 4.90 Å². The lowest BCUT2D eigenvalue weighted by molar-refractivity contribution is -0.122. The van der Waals surface area contributed by atoms with Crippen molar-refractivity contribution in [2.45, 2.75) is 32.6 Å². The van der Waals surface area contributed by atoms with Crippen molar-refractivity contribution in [1.82, 2.24) is 0 Å². The molecular formula is C21H24N2O2. The molecule has 2 amide bonds. The molecule has 0 aromatic heterocycles. The number of nitrogens with one attached hydrogen (secondary N) is 1. The third-order valence-corrected chi connectivity index (χ3v) is 4.92. The zero-order valence-corrected chi connectivity index (χ0v) is 14.7. The lowest BCUT2D eigenvalue weighted by Gasteiger charge is -2.16. The first-order valence-corrected chi connectivity index (χ1v) is 8.84. The van der Waals surface area contributed by atoms with Crippen LogP contribution in [0.25, 0.3) is 0 Å². The van der Waals surface area contributed by atoms with Gasteiger partial charge in [0.1, 0.15) is 0 Å². The zero-order valence-electron chi connectivity index (χ0n) is 14.7. The molecule has 1 fully saturated rings. The number of rotatable bonds is 5. The minimum absolute atomic E-state index is 0.00142. The predicted octanol–water partition coefficient (Wildman–Crippen LogP) is 4.19. The van der Waals surface area contributed by atoms with Crippen LogP contribution in [0.2, 0.25) is 0 Å². The Balaban J connectivity index is 1.63. The molecule has 25 heavy (non-hydrogen) atoms. The lowest BCUT2D eigenvalue weighted by Crippen LogP contribution is -2.28. The van der Waals surface area contributed by atoms with Crippen molar-refractivity contribution in [3.05, 3.63) is 60.2 Å². The van der Waals surface area contributed by atoms with E-state index in [1.165, 1.54) is 5.56 Å². The third kappa shape index (κ3) is 3.90. The van der Waals surface area contributed by atoms with E-state index < -0.39 is 0 Å². The topological polar surface area (TPSA) is 49.4 Å². The minimum atomic E-state index is -0.318. The molecule has 1 heterocycles. The smallest absolute Gasteiger partial charge is 0.229 e. The van der Waals surface area contributed by atoms with Gasteiger partial charge in [0, 0.05) is 24.3 Å². The highest BCUT2D eigenvalue weighted by Gasteiger charge is 2.35. The van der Waals surface area contributed by atoms with Crippen molar-refractivity contribution >= 4 is 23.2 Å². The predicted molar refractivity (Wildman–Crippen MR) is 101 cm³/mol. The Bertz CT molecular complexity index is 740. The van der Waals surface area contributed by atoms with Crippen molar-refractivity contribution in [3.63, 3.8) is 0 Å². The molecule has 0 spiro atoms. The number of hydrogen-bond donors (Lipinski definition) is 1. The molecule has 1 N–H and O–H groups in total. The Hall–Kier alpha value is -2.62. The van der Waals surface area contributed by atoms with E-state index in [-0.39, 0.29) is 24.2 Å². The van der Waals surface area contributed by atoms with E-state index in [0.717, 1.165) is 17.8 Å². The highest BCUT2D eigenvalue weighted by molar-refractivity contribution is 6.03. The van der Waals surface area contributed by atoms with Crippen LogP contribution in [-0.4, -0.2) is 18.4 Å². The van der Waals surface area contributed by atoms with Gasteiger partial charge in [-0.1, -0.05) is 44.2 Å². The average Bonchev–Trinajstić information content (AvgIpc) is 3.04. The number of carbonyl (C=O) groups is 2. The molecule has 3 rings (SSSR count). The van der Waals surface area contributed by atoms with Gasteiger partial charge in [-0.05, 0) is 42.2 Å². The number of carbonyl (C=O) groups excluding carboxylic acids is 2. The summed E-state index contributed by atoms with van der Waals surface area (Å²) in [6, 6.07) is 17.5. The largest absolute Gasteiger partial charge is 0.326 e. The first-order chi connectivity index (χ1) is 12.1. The molecular weight excluding hydrogens is 312 g/mol. The van der Waals surface area contributed by atoms with Crippen molar-refractivity contribution in [1.29, 1.82) is 0 Å². The van der Waals surface area contributed by atoms with E-state index in [0.29, 0.717) is 12.5 Å². The maximum Gasteiger partial charge on any atom is 0.229 e. The molecule has 2 aromatic rings. The van der Waals surface area contributed by atoms with Crippen LogP contribution >= 0.6 is 0 Å². The number of benzene rings is 2. The van der Waals surface area contributed by atoms with Gasteiger partial charge in [-0.2, -0.15) is 0 Å². The normalized spacial score (nSPS) is 18.2. The fraction of sp³-hybridized carbons (Fsp3) is 0.333. The van der Waals surface area contributed by atoms with Gasteiger partial charge in [0.2, 0.25) is 11.8 Å². The van der Waals surface area contributed by atoms with Gasteiger partial charge < -0.3 is 10.2 Å². The minimum Gasteiger partial charge on any atom is -0.326 e. The summed E-state index contributed by atoms with van der Waals surface area (Å²) in [5, 5.41) is 2.94. The highest BCUT2D eigenvalue weighted by atomic mass is 16.2.